The first-order valence-corrected chi connectivity index (χ1v) is 6.46. The Morgan fingerprint density at radius 3 is 2.73 bits per heavy atom. The largest absolute Gasteiger partial charge is 0.327 e. The summed E-state index contributed by atoms with van der Waals surface area (Å²) in [5.74, 6) is 1.64. The summed E-state index contributed by atoms with van der Waals surface area (Å²) in [4.78, 5) is 4.47. The van der Waals surface area contributed by atoms with E-state index in [4.69, 9.17) is 5.73 Å². The minimum atomic E-state index is 0.229. The molecule has 4 heteroatoms. The van der Waals surface area contributed by atoms with Crippen LogP contribution in [0.15, 0.2) is 0 Å². The normalized spacial score (nSPS) is 13.4. The summed E-state index contributed by atoms with van der Waals surface area (Å²) in [5, 5.41) is 1.09. The number of rotatable bonds is 6. The first-order valence-electron chi connectivity index (χ1n) is 5.68. The standard InChI is InChI=1S/C11H21N3S/c1-4-5-10-13-11(15-14-10)7-9(12)6-8(2)3/h8-9H,4-7,12H2,1-3H3. The minimum Gasteiger partial charge on any atom is -0.327 e. The van der Waals surface area contributed by atoms with E-state index in [-0.39, 0.29) is 6.04 Å². The van der Waals surface area contributed by atoms with Crippen molar-refractivity contribution in [1.82, 2.24) is 9.36 Å². The highest BCUT2D eigenvalue weighted by Crippen LogP contribution is 2.12. The Morgan fingerprint density at radius 1 is 1.40 bits per heavy atom. The maximum Gasteiger partial charge on any atom is 0.142 e. The minimum absolute atomic E-state index is 0.229. The molecule has 15 heavy (non-hydrogen) atoms. The molecule has 1 rings (SSSR count). The number of nitrogens with zero attached hydrogens (tertiary/aromatic N) is 2. The van der Waals surface area contributed by atoms with E-state index in [1.165, 1.54) is 11.5 Å². The second-order valence-corrected chi connectivity index (χ2v) is 5.28. The Morgan fingerprint density at radius 2 is 2.13 bits per heavy atom. The Balaban J connectivity index is 2.42. The molecule has 0 aliphatic heterocycles. The van der Waals surface area contributed by atoms with Gasteiger partial charge < -0.3 is 5.73 Å². The molecule has 0 amide bonds. The molecule has 0 bridgehead atoms. The van der Waals surface area contributed by atoms with Crippen molar-refractivity contribution in [2.75, 3.05) is 0 Å². The van der Waals surface area contributed by atoms with Gasteiger partial charge in [-0.05, 0) is 30.3 Å². The molecule has 1 heterocycles. The van der Waals surface area contributed by atoms with Crippen LogP contribution in [0.1, 0.15) is 44.4 Å². The first-order chi connectivity index (χ1) is 7.11. The van der Waals surface area contributed by atoms with Gasteiger partial charge in [0.1, 0.15) is 10.8 Å². The van der Waals surface area contributed by atoms with Crippen molar-refractivity contribution >= 4 is 11.5 Å². The van der Waals surface area contributed by atoms with Gasteiger partial charge >= 0.3 is 0 Å². The van der Waals surface area contributed by atoms with Crippen molar-refractivity contribution < 1.29 is 0 Å². The number of aromatic nitrogens is 2. The van der Waals surface area contributed by atoms with Crippen molar-refractivity contribution in [1.29, 1.82) is 0 Å². The second kappa shape index (κ2) is 6.18. The summed E-state index contributed by atoms with van der Waals surface area (Å²) in [6.45, 7) is 6.54. The van der Waals surface area contributed by atoms with E-state index >= 15 is 0 Å². The van der Waals surface area contributed by atoms with E-state index in [2.05, 4.69) is 30.1 Å². The SMILES string of the molecule is CCCc1nsc(CC(N)CC(C)C)n1. The fraction of sp³-hybridized carbons (Fsp3) is 0.818. The maximum absolute atomic E-state index is 6.03. The highest BCUT2D eigenvalue weighted by atomic mass is 32.1. The average molecular weight is 227 g/mol. The van der Waals surface area contributed by atoms with E-state index in [1.807, 2.05) is 0 Å². The average Bonchev–Trinajstić information content (AvgIpc) is 2.51. The van der Waals surface area contributed by atoms with Crippen molar-refractivity contribution in [3.63, 3.8) is 0 Å². The molecule has 0 aromatic carbocycles. The molecular formula is C11H21N3S. The predicted octanol–water partition coefficient (Wildman–Crippen LogP) is 2.41. The molecule has 0 aliphatic rings. The molecule has 0 saturated carbocycles. The quantitative estimate of drug-likeness (QED) is 0.812. The third kappa shape index (κ3) is 4.71. The van der Waals surface area contributed by atoms with Crippen LogP contribution in [0.3, 0.4) is 0 Å². The van der Waals surface area contributed by atoms with Crippen LogP contribution in [0.2, 0.25) is 0 Å². The summed E-state index contributed by atoms with van der Waals surface area (Å²) in [6, 6.07) is 0.229. The third-order valence-corrected chi connectivity index (χ3v) is 2.97. The summed E-state index contributed by atoms with van der Waals surface area (Å²) < 4.78 is 4.31. The van der Waals surface area contributed by atoms with Gasteiger partial charge in [0.25, 0.3) is 0 Å². The molecule has 0 spiro atoms. The molecular weight excluding hydrogens is 206 g/mol. The number of hydrogen-bond donors (Lipinski definition) is 1. The van der Waals surface area contributed by atoms with Gasteiger partial charge in [0.2, 0.25) is 0 Å². The van der Waals surface area contributed by atoms with Crippen LogP contribution in [0, 0.1) is 5.92 Å². The third-order valence-electron chi connectivity index (χ3n) is 2.19. The molecule has 0 radical (unpaired) electrons. The summed E-state index contributed by atoms with van der Waals surface area (Å²) in [7, 11) is 0. The van der Waals surface area contributed by atoms with Crippen LogP contribution in [-0.2, 0) is 12.8 Å². The van der Waals surface area contributed by atoms with Gasteiger partial charge in [-0.15, -0.1) is 0 Å². The molecule has 2 N–H and O–H groups in total. The number of hydrogen-bond acceptors (Lipinski definition) is 4. The van der Waals surface area contributed by atoms with Gasteiger partial charge in [-0.2, -0.15) is 4.37 Å². The Kier molecular flexibility index (Phi) is 5.19. The lowest BCUT2D eigenvalue weighted by molar-refractivity contribution is 0.492. The van der Waals surface area contributed by atoms with Gasteiger partial charge in [0.05, 0.1) is 0 Å². The van der Waals surface area contributed by atoms with Crippen LogP contribution in [0.4, 0.5) is 0 Å². The van der Waals surface area contributed by atoms with Crippen molar-refractivity contribution in [3.8, 4) is 0 Å². The molecule has 86 valence electrons. The Labute approximate surface area is 96.3 Å². The predicted molar refractivity (Wildman–Crippen MR) is 65.0 cm³/mol. The van der Waals surface area contributed by atoms with Gasteiger partial charge in [-0.1, -0.05) is 20.8 Å². The lowest BCUT2D eigenvalue weighted by Gasteiger charge is -2.11. The van der Waals surface area contributed by atoms with E-state index < -0.39 is 0 Å². The molecule has 0 saturated heterocycles. The number of aryl methyl sites for hydroxylation is 1. The van der Waals surface area contributed by atoms with Crippen LogP contribution >= 0.6 is 11.5 Å². The van der Waals surface area contributed by atoms with Crippen LogP contribution < -0.4 is 5.73 Å². The van der Waals surface area contributed by atoms with Crippen LogP contribution in [0.25, 0.3) is 0 Å². The zero-order valence-electron chi connectivity index (χ0n) is 9.86. The van der Waals surface area contributed by atoms with E-state index in [9.17, 15) is 0 Å². The van der Waals surface area contributed by atoms with Crippen molar-refractivity contribution in [2.45, 2.75) is 52.5 Å². The smallest absolute Gasteiger partial charge is 0.142 e. The Hall–Kier alpha value is -0.480. The summed E-state index contributed by atoms with van der Waals surface area (Å²) in [5.41, 5.74) is 6.03. The zero-order chi connectivity index (χ0) is 11.3. The Bertz CT molecular complexity index is 283. The zero-order valence-corrected chi connectivity index (χ0v) is 10.7. The molecule has 1 atom stereocenters. The maximum atomic E-state index is 6.03. The summed E-state index contributed by atoms with van der Waals surface area (Å²) >= 11 is 1.50. The fourth-order valence-corrected chi connectivity index (χ4v) is 2.39. The van der Waals surface area contributed by atoms with Crippen molar-refractivity contribution in [2.24, 2.45) is 11.7 Å². The monoisotopic (exact) mass is 227 g/mol. The van der Waals surface area contributed by atoms with Gasteiger partial charge in [0, 0.05) is 18.9 Å². The fourth-order valence-electron chi connectivity index (χ4n) is 1.61. The van der Waals surface area contributed by atoms with Crippen molar-refractivity contribution in [3.05, 3.63) is 10.8 Å². The summed E-state index contributed by atoms with van der Waals surface area (Å²) in [6.07, 6.45) is 4.02. The van der Waals surface area contributed by atoms with Gasteiger partial charge in [-0.3, -0.25) is 0 Å². The lowest BCUT2D eigenvalue weighted by atomic mass is 10.0. The van der Waals surface area contributed by atoms with Gasteiger partial charge in [-0.25, -0.2) is 4.98 Å². The van der Waals surface area contributed by atoms with Gasteiger partial charge in [0.15, 0.2) is 0 Å². The van der Waals surface area contributed by atoms with E-state index in [1.54, 1.807) is 0 Å². The molecule has 3 nitrogen and oxygen atoms in total. The topological polar surface area (TPSA) is 51.8 Å². The van der Waals surface area contributed by atoms with Crippen LogP contribution in [0.5, 0.6) is 0 Å². The van der Waals surface area contributed by atoms with E-state index in [0.29, 0.717) is 5.92 Å². The molecule has 0 fully saturated rings. The van der Waals surface area contributed by atoms with E-state index in [0.717, 1.165) is 36.5 Å². The second-order valence-electron chi connectivity index (χ2n) is 4.45. The molecule has 0 aliphatic carbocycles. The molecule has 1 aromatic rings. The first kappa shape index (κ1) is 12.6. The number of nitrogens with two attached hydrogens (primary N) is 1. The lowest BCUT2D eigenvalue weighted by Crippen LogP contribution is -2.24. The molecule has 1 unspecified atom stereocenters. The highest BCUT2D eigenvalue weighted by Gasteiger charge is 2.10. The highest BCUT2D eigenvalue weighted by molar-refractivity contribution is 7.05. The van der Waals surface area contributed by atoms with Crippen LogP contribution in [-0.4, -0.2) is 15.4 Å². The molecule has 1 aromatic heterocycles.